The molecule has 0 atom stereocenters. The molecule has 2 aromatic carbocycles. The monoisotopic (exact) mass is 465 g/mol. The number of hydrogen-bond donors (Lipinski definition) is 1. The molecule has 4 rings (SSSR count). The molecule has 170 valence electrons. The molecular formula is C23H23N5O4S. The van der Waals surface area contributed by atoms with Gasteiger partial charge in [-0.25, -0.2) is 4.98 Å². The van der Waals surface area contributed by atoms with Crippen molar-refractivity contribution in [3.05, 3.63) is 63.0 Å². The number of aromatic nitrogens is 1. The Morgan fingerprint density at radius 3 is 2.61 bits per heavy atom. The quantitative estimate of drug-likeness (QED) is 0.445. The second-order valence-electron chi connectivity index (χ2n) is 8.57. The topological polar surface area (TPSA) is 109 Å². The molecule has 0 unspecified atom stereocenters. The summed E-state index contributed by atoms with van der Waals surface area (Å²) < 4.78 is 0. The van der Waals surface area contributed by atoms with Crippen molar-refractivity contribution in [2.75, 3.05) is 36.3 Å². The van der Waals surface area contributed by atoms with Gasteiger partial charge in [0.2, 0.25) is 5.91 Å². The number of anilines is 3. The van der Waals surface area contributed by atoms with E-state index in [1.165, 1.54) is 17.4 Å². The van der Waals surface area contributed by atoms with Gasteiger partial charge in [0.05, 0.1) is 16.0 Å². The highest BCUT2D eigenvalue weighted by Gasteiger charge is 2.42. The van der Waals surface area contributed by atoms with Crippen molar-refractivity contribution in [2.45, 2.75) is 19.3 Å². The van der Waals surface area contributed by atoms with E-state index < -0.39 is 16.2 Å². The van der Waals surface area contributed by atoms with Crippen molar-refractivity contribution in [2.24, 2.45) is 0 Å². The molecule has 0 saturated heterocycles. The first-order valence-corrected chi connectivity index (χ1v) is 11.0. The van der Waals surface area contributed by atoms with Crippen molar-refractivity contribution in [3.8, 4) is 11.3 Å². The predicted octanol–water partition coefficient (Wildman–Crippen LogP) is 4.29. The van der Waals surface area contributed by atoms with Crippen molar-refractivity contribution in [3.63, 3.8) is 0 Å². The summed E-state index contributed by atoms with van der Waals surface area (Å²) in [5, 5.41) is 16.3. The van der Waals surface area contributed by atoms with Crippen LogP contribution in [0.4, 0.5) is 22.2 Å². The lowest BCUT2D eigenvalue weighted by Gasteiger charge is -2.16. The molecule has 2 heterocycles. The summed E-state index contributed by atoms with van der Waals surface area (Å²) in [6, 6.07) is 10.1. The van der Waals surface area contributed by atoms with Crippen LogP contribution in [0.2, 0.25) is 0 Å². The molecule has 3 aromatic rings. The number of carbonyl (C=O) groups excluding carboxylic acids is 2. The second kappa shape index (κ2) is 7.96. The summed E-state index contributed by atoms with van der Waals surface area (Å²) in [7, 11) is 5.17. The Kier molecular flexibility index (Phi) is 5.41. The molecule has 0 saturated carbocycles. The summed E-state index contributed by atoms with van der Waals surface area (Å²) in [6.07, 6.45) is 0. The van der Waals surface area contributed by atoms with Crippen LogP contribution >= 0.6 is 11.3 Å². The van der Waals surface area contributed by atoms with E-state index in [0.29, 0.717) is 16.5 Å². The van der Waals surface area contributed by atoms with Crippen molar-refractivity contribution in [1.29, 1.82) is 0 Å². The summed E-state index contributed by atoms with van der Waals surface area (Å²) >= 11 is 1.26. The molecule has 33 heavy (non-hydrogen) atoms. The van der Waals surface area contributed by atoms with E-state index in [4.69, 9.17) is 0 Å². The average Bonchev–Trinajstić information content (AvgIpc) is 3.30. The highest BCUT2D eigenvalue weighted by Crippen LogP contribution is 2.42. The molecule has 1 aliphatic rings. The zero-order valence-corrected chi connectivity index (χ0v) is 19.7. The molecular weight excluding hydrogens is 442 g/mol. The first-order chi connectivity index (χ1) is 15.5. The third-order valence-corrected chi connectivity index (χ3v) is 6.56. The molecule has 1 aromatic heterocycles. The van der Waals surface area contributed by atoms with E-state index in [2.05, 4.69) is 10.3 Å². The second-order valence-corrected chi connectivity index (χ2v) is 9.43. The Morgan fingerprint density at radius 2 is 1.94 bits per heavy atom. The normalized spacial score (nSPS) is 14.2. The molecule has 1 aliphatic heterocycles. The number of likely N-dealkylation sites (N-methyl/N-ethyl adjacent to an activating group) is 1. The first kappa shape index (κ1) is 22.4. The van der Waals surface area contributed by atoms with Gasteiger partial charge in [-0.15, -0.1) is 11.3 Å². The van der Waals surface area contributed by atoms with Crippen molar-refractivity contribution < 1.29 is 14.5 Å². The highest BCUT2D eigenvalue weighted by atomic mass is 32.1. The van der Waals surface area contributed by atoms with Gasteiger partial charge < -0.3 is 9.80 Å². The average molecular weight is 466 g/mol. The smallest absolute Gasteiger partial charge is 0.293 e. The molecule has 2 amide bonds. The van der Waals surface area contributed by atoms with Crippen LogP contribution in [0.5, 0.6) is 0 Å². The molecule has 10 heteroatoms. The van der Waals surface area contributed by atoms with Crippen LogP contribution in [-0.2, 0) is 10.2 Å². The number of thiazole rings is 1. The van der Waals surface area contributed by atoms with Crippen molar-refractivity contribution in [1.82, 2.24) is 4.98 Å². The Hall–Kier alpha value is -3.79. The first-order valence-electron chi connectivity index (χ1n) is 10.2. The van der Waals surface area contributed by atoms with Gasteiger partial charge in [0.1, 0.15) is 5.69 Å². The minimum absolute atomic E-state index is 0.0373. The van der Waals surface area contributed by atoms with Gasteiger partial charge in [0.15, 0.2) is 5.13 Å². The SMILES string of the molecule is CN(C)c1ccc(C(=O)Nc2nc(-c3ccc4c(c3)C(C)(C)C(=O)N4C)cs2)cc1[N+](=O)[O-]. The van der Waals surface area contributed by atoms with Gasteiger partial charge in [0, 0.05) is 49.4 Å². The summed E-state index contributed by atoms with van der Waals surface area (Å²) in [6.45, 7) is 3.80. The molecule has 0 spiro atoms. The summed E-state index contributed by atoms with van der Waals surface area (Å²) in [5.74, 6) is -0.443. The maximum absolute atomic E-state index is 12.7. The number of hydrogen-bond acceptors (Lipinski definition) is 7. The van der Waals surface area contributed by atoms with E-state index in [1.54, 1.807) is 43.1 Å². The van der Waals surface area contributed by atoms with E-state index in [-0.39, 0.29) is 17.2 Å². The van der Waals surface area contributed by atoms with Gasteiger partial charge in [-0.3, -0.25) is 25.0 Å². The number of fused-ring (bicyclic) bond motifs is 1. The molecule has 0 fully saturated rings. The van der Waals surface area contributed by atoms with E-state index in [9.17, 15) is 19.7 Å². The van der Waals surface area contributed by atoms with Gasteiger partial charge in [-0.05, 0) is 43.7 Å². The fourth-order valence-electron chi connectivity index (χ4n) is 3.95. The van der Waals surface area contributed by atoms with E-state index >= 15 is 0 Å². The van der Waals surface area contributed by atoms with Crippen LogP contribution in [0.25, 0.3) is 11.3 Å². The number of rotatable bonds is 5. The fraction of sp³-hybridized carbons (Fsp3) is 0.261. The minimum atomic E-state index is -0.624. The molecule has 0 radical (unpaired) electrons. The van der Waals surface area contributed by atoms with Gasteiger partial charge in [-0.2, -0.15) is 0 Å². The third-order valence-electron chi connectivity index (χ3n) is 5.81. The number of carbonyl (C=O) groups is 2. The summed E-state index contributed by atoms with van der Waals surface area (Å²) in [4.78, 5) is 43.9. The maximum atomic E-state index is 12.7. The maximum Gasteiger partial charge on any atom is 0.293 e. The zero-order valence-electron chi connectivity index (χ0n) is 18.9. The van der Waals surface area contributed by atoms with E-state index in [1.807, 2.05) is 37.4 Å². The van der Waals surface area contributed by atoms with Crippen molar-refractivity contribution >= 4 is 45.3 Å². The molecule has 0 aliphatic carbocycles. The number of amides is 2. The number of nitrogens with zero attached hydrogens (tertiary/aromatic N) is 4. The lowest BCUT2D eigenvalue weighted by atomic mass is 9.85. The lowest BCUT2D eigenvalue weighted by molar-refractivity contribution is -0.384. The van der Waals surface area contributed by atoms with Crippen LogP contribution in [0.15, 0.2) is 41.8 Å². The lowest BCUT2D eigenvalue weighted by Crippen LogP contribution is -2.33. The Labute approximate surface area is 194 Å². The van der Waals surface area contributed by atoms with Crippen LogP contribution in [-0.4, -0.2) is 42.9 Å². The van der Waals surface area contributed by atoms with E-state index in [0.717, 1.165) is 16.8 Å². The number of nitrogens with one attached hydrogen (secondary N) is 1. The van der Waals surface area contributed by atoms with Gasteiger partial charge >= 0.3 is 0 Å². The third kappa shape index (κ3) is 3.82. The van der Waals surface area contributed by atoms with Crippen LogP contribution in [0.3, 0.4) is 0 Å². The number of benzene rings is 2. The fourth-order valence-corrected chi connectivity index (χ4v) is 4.67. The molecule has 0 bridgehead atoms. The van der Waals surface area contributed by atoms with Gasteiger partial charge in [0.25, 0.3) is 11.6 Å². The number of nitro benzene ring substituents is 1. The highest BCUT2D eigenvalue weighted by molar-refractivity contribution is 7.14. The Balaban J connectivity index is 1.58. The standard InChI is InChI=1S/C23H23N5O4S/c1-23(2)15-10-13(6-8-17(15)27(5)21(23)30)16-12-33-22(24-16)25-20(29)14-7-9-18(26(3)4)19(11-14)28(31)32/h6-12H,1-5H3,(H,24,25,29). The Bertz CT molecular complexity index is 1300. The van der Waals surface area contributed by atoms with Crippen LogP contribution in [0, 0.1) is 10.1 Å². The van der Waals surface area contributed by atoms with Gasteiger partial charge in [-0.1, -0.05) is 6.07 Å². The van der Waals surface area contributed by atoms with Crippen LogP contribution in [0.1, 0.15) is 29.8 Å². The number of nitro groups is 1. The Morgan fingerprint density at radius 1 is 1.21 bits per heavy atom. The minimum Gasteiger partial charge on any atom is -0.372 e. The molecule has 9 nitrogen and oxygen atoms in total. The largest absolute Gasteiger partial charge is 0.372 e. The zero-order chi connectivity index (χ0) is 24.1. The summed E-state index contributed by atoms with van der Waals surface area (Å²) in [5.41, 5.74) is 3.13. The van der Waals surface area contributed by atoms with Crippen LogP contribution < -0.4 is 15.1 Å². The predicted molar refractivity (Wildman–Crippen MR) is 129 cm³/mol. The molecule has 1 N–H and O–H groups in total.